The van der Waals surface area contributed by atoms with Crippen LogP contribution in [0.25, 0.3) is 0 Å². The fourth-order valence-corrected chi connectivity index (χ4v) is 1.15. The highest BCUT2D eigenvalue weighted by Crippen LogP contribution is 2.16. The summed E-state index contributed by atoms with van der Waals surface area (Å²) in [6, 6.07) is 0. The first kappa shape index (κ1) is 12.5. The summed E-state index contributed by atoms with van der Waals surface area (Å²) in [5.41, 5.74) is 5.48. The second-order valence-electron chi connectivity index (χ2n) is 3.23. The van der Waals surface area contributed by atoms with Gasteiger partial charge in [0.2, 0.25) is 5.82 Å². The van der Waals surface area contributed by atoms with E-state index in [0.717, 1.165) is 0 Å². The quantitative estimate of drug-likeness (QED) is 0.503. The molecule has 0 amide bonds. The van der Waals surface area contributed by atoms with Crippen LogP contribution in [0.1, 0.15) is 28.7 Å². The van der Waals surface area contributed by atoms with Crippen molar-refractivity contribution in [3.8, 4) is 0 Å². The molecule has 7 heteroatoms. The molecule has 0 fully saturated rings. The summed E-state index contributed by atoms with van der Waals surface area (Å²) in [6.07, 6.45) is 0.402. The van der Waals surface area contributed by atoms with E-state index >= 15 is 0 Å². The van der Waals surface area contributed by atoms with Gasteiger partial charge in [-0.25, -0.2) is 14.8 Å². The lowest BCUT2D eigenvalue weighted by Crippen LogP contribution is -2.22. The number of hydrogen-bond acceptors (Lipinski definition) is 6. The summed E-state index contributed by atoms with van der Waals surface area (Å²) < 4.78 is 0. The van der Waals surface area contributed by atoms with E-state index in [1.165, 1.54) is 12.4 Å². The molecule has 88 valence electrons. The van der Waals surface area contributed by atoms with E-state index in [4.69, 9.17) is 10.8 Å². The summed E-state index contributed by atoms with van der Waals surface area (Å²) in [7, 11) is 0. The maximum absolute atomic E-state index is 10.5. The highest BCUT2D eigenvalue weighted by molar-refractivity contribution is 5.82. The molecule has 2 atom stereocenters. The Balaban J connectivity index is 2.77. The molecule has 1 rings (SSSR count). The topological polar surface area (TPSA) is 130 Å². The van der Waals surface area contributed by atoms with Crippen LogP contribution >= 0.6 is 0 Å². The van der Waals surface area contributed by atoms with Crippen LogP contribution in [0.2, 0.25) is 0 Å². The molecule has 0 aromatic carbocycles. The van der Waals surface area contributed by atoms with Crippen molar-refractivity contribution in [1.82, 2.24) is 9.97 Å². The fourth-order valence-electron chi connectivity index (χ4n) is 1.15. The lowest BCUT2D eigenvalue weighted by Gasteiger charge is -2.16. The molecule has 7 nitrogen and oxygen atoms in total. The molecule has 0 aliphatic heterocycles. The molecule has 0 spiro atoms. The molecule has 0 saturated carbocycles. The van der Waals surface area contributed by atoms with Gasteiger partial charge in [-0.05, 0) is 13.0 Å². The Morgan fingerprint density at radius 1 is 1.38 bits per heavy atom. The molecule has 2 unspecified atom stereocenters. The largest absolute Gasteiger partial charge is 0.475 e. The summed E-state index contributed by atoms with van der Waals surface area (Å²) in [5, 5.41) is 27.6. The minimum Gasteiger partial charge on any atom is -0.475 e. The van der Waals surface area contributed by atoms with E-state index in [0.29, 0.717) is 0 Å². The van der Waals surface area contributed by atoms with Gasteiger partial charge in [-0.1, -0.05) is 0 Å². The van der Waals surface area contributed by atoms with Crippen molar-refractivity contribution < 1.29 is 20.1 Å². The minimum absolute atomic E-state index is 0.238. The number of aromatic nitrogens is 2. The van der Waals surface area contributed by atoms with E-state index in [-0.39, 0.29) is 24.4 Å². The van der Waals surface area contributed by atoms with Crippen molar-refractivity contribution in [2.45, 2.75) is 18.6 Å². The molecule has 16 heavy (non-hydrogen) atoms. The standard InChI is InChI=1S/C9H13N3O4/c10-2-1-6(13)7(14)5-3-11-8(9(15)16)12-4-5/h3-4,6-7,13-14H,1-2,10H2,(H,15,16). The van der Waals surface area contributed by atoms with Crippen LogP contribution in [0.4, 0.5) is 0 Å². The number of aromatic carboxylic acids is 1. The van der Waals surface area contributed by atoms with Gasteiger partial charge < -0.3 is 21.1 Å². The summed E-state index contributed by atoms with van der Waals surface area (Å²) in [4.78, 5) is 17.5. The number of aliphatic hydroxyl groups is 2. The highest BCUT2D eigenvalue weighted by atomic mass is 16.4. The Hall–Kier alpha value is -1.57. The van der Waals surface area contributed by atoms with Gasteiger partial charge in [-0.15, -0.1) is 0 Å². The predicted octanol–water partition coefficient (Wildman–Crippen LogP) is -1.08. The molecule has 0 aliphatic carbocycles. The Morgan fingerprint density at radius 2 is 1.94 bits per heavy atom. The maximum Gasteiger partial charge on any atom is 0.373 e. The van der Waals surface area contributed by atoms with Crippen molar-refractivity contribution >= 4 is 5.97 Å². The number of carbonyl (C=O) groups is 1. The van der Waals surface area contributed by atoms with Gasteiger partial charge in [0.15, 0.2) is 0 Å². The molecule has 0 aliphatic rings. The van der Waals surface area contributed by atoms with Gasteiger partial charge in [0, 0.05) is 18.0 Å². The van der Waals surface area contributed by atoms with Crippen LogP contribution in [0.15, 0.2) is 12.4 Å². The lowest BCUT2D eigenvalue weighted by atomic mass is 10.1. The molecular weight excluding hydrogens is 214 g/mol. The molecule has 1 aromatic rings. The fraction of sp³-hybridized carbons (Fsp3) is 0.444. The van der Waals surface area contributed by atoms with Crippen molar-refractivity contribution in [3.63, 3.8) is 0 Å². The van der Waals surface area contributed by atoms with Gasteiger partial charge in [0.25, 0.3) is 0 Å². The predicted molar refractivity (Wildman–Crippen MR) is 53.6 cm³/mol. The zero-order valence-electron chi connectivity index (χ0n) is 8.45. The van der Waals surface area contributed by atoms with E-state index < -0.39 is 18.2 Å². The maximum atomic E-state index is 10.5. The second-order valence-corrected chi connectivity index (χ2v) is 3.23. The van der Waals surface area contributed by atoms with Crippen molar-refractivity contribution in [2.24, 2.45) is 5.73 Å². The molecule has 1 aromatic heterocycles. The molecule has 0 radical (unpaired) electrons. The number of aliphatic hydroxyl groups excluding tert-OH is 2. The van der Waals surface area contributed by atoms with Gasteiger partial charge >= 0.3 is 5.97 Å². The lowest BCUT2D eigenvalue weighted by molar-refractivity contribution is 0.0145. The number of carboxylic acid groups (broad SMARTS) is 1. The van der Waals surface area contributed by atoms with E-state index in [1.807, 2.05) is 0 Å². The summed E-state index contributed by atoms with van der Waals surface area (Å²) >= 11 is 0. The number of hydrogen-bond donors (Lipinski definition) is 4. The van der Waals surface area contributed by atoms with Crippen LogP contribution in [-0.2, 0) is 0 Å². The molecule has 1 heterocycles. The summed E-state index contributed by atoms with van der Waals surface area (Å²) in [6.45, 7) is 0.242. The van der Waals surface area contributed by atoms with Gasteiger partial charge in [-0.3, -0.25) is 0 Å². The smallest absolute Gasteiger partial charge is 0.373 e. The van der Waals surface area contributed by atoms with Gasteiger partial charge in [0.05, 0.1) is 6.10 Å². The van der Waals surface area contributed by atoms with E-state index in [2.05, 4.69) is 9.97 Å². The number of rotatable bonds is 5. The first-order valence-corrected chi connectivity index (χ1v) is 4.67. The SMILES string of the molecule is NCCC(O)C(O)c1cnc(C(=O)O)nc1. The Kier molecular flexibility index (Phi) is 4.29. The van der Waals surface area contributed by atoms with Gasteiger partial charge in [-0.2, -0.15) is 0 Å². The Morgan fingerprint density at radius 3 is 2.38 bits per heavy atom. The normalized spacial score (nSPS) is 14.4. The van der Waals surface area contributed by atoms with Crippen LogP contribution in [0.5, 0.6) is 0 Å². The average molecular weight is 227 g/mol. The van der Waals surface area contributed by atoms with Crippen LogP contribution in [0, 0.1) is 0 Å². The molecular formula is C9H13N3O4. The average Bonchev–Trinajstić information content (AvgIpc) is 2.28. The third-order valence-corrected chi connectivity index (χ3v) is 2.03. The summed E-state index contributed by atoms with van der Waals surface area (Å²) in [5.74, 6) is -1.60. The molecule has 0 saturated heterocycles. The van der Waals surface area contributed by atoms with Crippen LogP contribution in [0.3, 0.4) is 0 Å². The van der Waals surface area contributed by atoms with E-state index in [9.17, 15) is 15.0 Å². The second kappa shape index (κ2) is 5.50. The number of nitrogens with zero attached hydrogens (tertiary/aromatic N) is 2. The van der Waals surface area contributed by atoms with Crippen molar-refractivity contribution in [3.05, 3.63) is 23.8 Å². The zero-order chi connectivity index (χ0) is 12.1. The first-order chi connectivity index (χ1) is 7.56. The molecule has 5 N–H and O–H groups in total. The third kappa shape index (κ3) is 2.96. The van der Waals surface area contributed by atoms with Gasteiger partial charge in [0.1, 0.15) is 6.10 Å². The molecule has 0 bridgehead atoms. The number of nitrogens with two attached hydrogens (primary N) is 1. The van der Waals surface area contributed by atoms with Crippen molar-refractivity contribution in [1.29, 1.82) is 0 Å². The van der Waals surface area contributed by atoms with Crippen molar-refractivity contribution in [2.75, 3.05) is 6.54 Å². The van der Waals surface area contributed by atoms with E-state index in [1.54, 1.807) is 0 Å². The Labute approximate surface area is 91.6 Å². The zero-order valence-corrected chi connectivity index (χ0v) is 8.45. The first-order valence-electron chi connectivity index (χ1n) is 4.67. The minimum atomic E-state index is -1.25. The number of carboxylic acids is 1. The third-order valence-electron chi connectivity index (χ3n) is 2.03. The highest BCUT2D eigenvalue weighted by Gasteiger charge is 2.18. The van der Waals surface area contributed by atoms with Crippen LogP contribution in [-0.4, -0.2) is 43.9 Å². The van der Waals surface area contributed by atoms with Crippen LogP contribution < -0.4 is 5.73 Å². The monoisotopic (exact) mass is 227 g/mol. The Bertz CT molecular complexity index is 354.